The molecular weight excluding hydrogens is 388 g/mol. The fraction of sp³-hybridized carbons (Fsp3) is 0.526. The summed E-state index contributed by atoms with van der Waals surface area (Å²) in [4.78, 5) is 35.4. The monoisotopic (exact) mass is 416 g/mol. The predicted octanol–water partition coefficient (Wildman–Crippen LogP) is -0.980. The third-order valence-electron chi connectivity index (χ3n) is 3.79. The Morgan fingerprint density at radius 2 is 1.28 bits per heavy atom. The number of rotatable bonds is 14. The Kier molecular flexibility index (Phi) is 14.1. The molecule has 0 aliphatic carbocycles. The summed E-state index contributed by atoms with van der Waals surface area (Å²) in [5.74, 6) is -2.37. The molecule has 0 atom stereocenters. The van der Waals surface area contributed by atoms with Crippen LogP contribution in [0.2, 0.25) is 0 Å². The van der Waals surface area contributed by atoms with Crippen molar-refractivity contribution in [2.45, 2.75) is 13.3 Å². The Labute approximate surface area is 168 Å². The van der Waals surface area contributed by atoms with Crippen LogP contribution in [0, 0.1) is 5.41 Å². The molecule has 0 spiro atoms. The highest BCUT2D eigenvalue weighted by Crippen LogP contribution is 2.25. The quantitative estimate of drug-likeness (QED) is 0.157. The molecule has 0 bridgehead atoms. The van der Waals surface area contributed by atoms with Crippen LogP contribution in [0.1, 0.15) is 13.3 Å². The largest absolute Gasteiger partial charge is 0.462 e. The molecule has 0 aliphatic rings. The van der Waals surface area contributed by atoms with Gasteiger partial charge in [0.25, 0.3) is 0 Å². The van der Waals surface area contributed by atoms with E-state index in [-0.39, 0.29) is 45.0 Å². The maximum atomic E-state index is 12.0. The van der Waals surface area contributed by atoms with Crippen molar-refractivity contribution in [2.75, 3.05) is 46.2 Å². The van der Waals surface area contributed by atoms with E-state index in [0.717, 1.165) is 18.2 Å². The average Bonchev–Trinajstić information content (AvgIpc) is 2.73. The summed E-state index contributed by atoms with van der Waals surface area (Å²) in [6, 6.07) is 0. The van der Waals surface area contributed by atoms with Gasteiger partial charge in [-0.05, 0) is 12.5 Å². The number of aliphatic hydroxyl groups is 4. The minimum absolute atomic E-state index is 0.150. The molecule has 29 heavy (non-hydrogen) atoms. The minimum Gasteiger partial charge on any atom is -0.462 e. The summed E-state index contributed by atoms with van der Waals surface area (Å²) in [5.41, 5.74) is -1.23. The van der Waals surface area contributed by atoms with Crippen molar-refractivity contribution in [3.05, 3.63) is 36.0 Å². The third-order valence-corrected chi connectivity index (χ3v) is 3.79. The zero-order valence-corrected chi connectivity index (χ0v) is 16.3. The molecule has 10 heteroatoms. The first kappa shape index (κ1) is 26.5. The second-order valence-corrected chi connectivity index (χ2v) is 5.89. The van der Waals surface area contributed by atoms with E-state index in [1.165, 1.54) is 12.2 Å². The van der Waals surface area contributed by atoms with Crippen molar-refractivity contribution in [1.29, 1.82) is 0 Å². The first-order valence-electron chi connectivity index (χ1n) is 8.84. The number of hydrogen-bond acceptors (Lipinski definition) is 10. The van der Waals surface area contributed by atoms with E-state index < -0.39 is 36.5 Å². The fourth-order valence-corrected chi connectivity index (χ4v) is 1.91. The van der Waals surface area contributed by atoms with Crippen molar-refractivity contribution in [3.8, 4) is 0 Å². The summed E-state index contributed by atoms with van der Waals surface area (Å²) in [6.07, 6.45) is 5.79. The van der Waals surface area contributed by atoms with Gasteiger partial charge in [0.1, 0.15) is 19.8 Å². The minimum atomic E-state index is -1.08. The second-order valence-electron chi connectivity index (χ2n) is 5.89. The summed E-state index contributed by atoms with van der Waals surface area (Å²) in [5, 5.41) is 35.4. The number of hydrogen-bond donors (Lipinski definition) is 4. The van der Waals surface area contributed by atoms with Gasteiger partial charge in [-0.1, -0.05) is 19.1 Å². The van der Waals surface area contributed by atoms with Gasteiger partial charge in [0.15, 0.2) is 0 Å². The molecule has 0 fully saturated rings. The van der Waals surface area contributed by atoms with Crippen molar-refractivity contribution in [3.63, 3.8) is 0 Å². The molecule has 0 heterocycles. The van der Waals surface area contributed by atoms with Crippen molar-refractivity contribution in [1.82, 2.24) is 0 Å². The fourth-order valence-electron chi connectivity index (χ4n) is 1.91. The Hall–Kier alpha value is -2.53. The first-order chi connectivity index (χ1) is 13.9. The number of carbonyl (C=O) groups excluding carboxylic acids is 3. The number of ether oxygens (including phenoxy) is 3. The molecule has 0 amide bonds. The summed E-state index contributed by atoms with van der Waals surface area (Å²) in [7, 11) is 0. The molecular formula is C19H28O10. The van der Waals surface area contributed by atoms with Gasteiger partial charge in [-0.15, -0.1) is 0 Å². The van der Waals surface area contributed by atoms with E-state index in [2.05, 4.69) is 0 Å². The average molecular weight is 416 g/mol. The van der Waals surface area contributed by atoms with Crippen LogP contribution >= 0.6 is 0 Å². The van der Waals surface area contributed by atoms with E-state index in [1.54, 1.807) is 6.92 Å². The highest BCUT2D eigenvalue weighted by Gasteiger charge is 2.34. The number of aliphatic hydroxyl groups excluding tert-OH is 4. The molecule has 4 N–H and O–H groups in total. The van der Waals surface area contributed by atoms with Gasteiger partial charge in [-0.25, -0.2) is 14.4 Å². The zero-order chi connectivity index (χ0) is 22.1. The smallest absolute Gasteiger partial charge is 0.336 e. The van der Waals surface area contributed by atoms with E-state index in [4.69, 9.17) is 34.6 Å². The number of esters is 3. The lowest BCUT2D eigenvalue weighted by molar-refractivity contribution is -0.156. The van der Waals surface area contributed by atoms with Gasteiger partial charge < -0.3 is 34.6 Å². The van der Waals surface area contributed by atoms with E-state index >= 15 is 0 Å². The summed E-state index contributed by atoms with van der Waals surface area (Å²) < 4.78 is 15.4. The molecule has 0 radical (unpaired) electrons. The SMILES string of the molecule is CCC(COC(=O)/C=C/CO)(COC(=O)/C=C/CO)COC(=O)/C(=C/CO)CO. The molecule has 0 aromatic heterocycles. The van der Waals surface area contributed by atoms with E-state index in [0.29, 0.717) is 0 Å². The number of carbonyl (C=O) groups is 3. The lowest BCUT2D eigenvalue weighted by Crippen LogP contribution is -2.39. The Morgan fingerprint density at radius 3 is 1.66 bits per heavy atom. The predicted molar refractivity (Wildman–Crippen MR) is 100 cm³/mol. The van der Waals surface area contributed by atoms with Crippen LogP contribution in [-0.4, -0.2) is 84.6 Å². The van der Waals surface area contributed by atoms with Gasteiger partial charge in [-0.3, -0.25) is 0 Å². The molecule has 164 valence electrons. The van der Waals surface area contributed by atoms with E-state index in [9.17, 15) is 14.4 Å². The summed E-state index contributed by atoms with van der Waals surface area (Å²) >= 11 is 0. The van der Waals surface area contributed by atoms with Crippen molar-refractivity contribution < 1.29 is 49.0 Å². The highest BCUT2D eigenvalue weighted by molar-refractivity contribution is 5.88. The molecule has 0 rings (SSSR count). The van der Waals surface area contributed by atoms with Crippen LogP contribution < -0.4 is 0 Å². The molecule has 0 aromatic rings. The highest BCUT2D eigenvalue weighted by atomic mass is 16.6. The molecule has 0 unspecified atom stereocenters. The van der Waals surface area contributed by atoms with Crippen LogP contribution in [0.15, 0.2) is 36.0 Å². The lowest BCUT2D eigenvalue weighted by Gasteiger charge is -2.30. The van der Waals surface area contributed by atoms with Gasteiger partial charge in [-0.2, -0.15) is 0 Å². The van der Waals surface area contributed by atoms with Gasteiger partial charge >= 0.3 is 17.9 Å². The molecule has 0 aliphatic heterocycles. The lowest BCUT2D eigenvalue weighted by atomic mass is 9.88. The van der Waals surface area contributed by atoms with Crippen LogP contribution in [0.25, 0.3) is 0 Å². The second kappa shape index (κ2) is 15.4. The molecule has 10 nitrogen and oxygen atoms in total. The third kappa shape index (κ3) is 11.2. The topological polar surface area (TPSA) is 160 Å². The van der Waals surface area contributed by atoms with Gasteiger partial charge in [0.05, 0.1) is 37.4 Å². The van der Waals surface area contributed by atoms with Crippen LogP contribution in [0.4, 0.5) is 0 Å². The van der Waals surface area contributed by atoms with Crippen molar-refractivity contribution in [2.24, 2.45) is 5.41 Å². The zero-order valence-electron chi connectivity index (χ0n) is 16.3. The Morgan fingerprint density at radius 1 is 0.793 bits per heavy atom. The van der Waals surface area contributed by atoms with E-state index in [1.807, 2.05) is 0 Å². The molecule has 0 saturated carbocycles. The summed E-state index contributed by atoms with van der Waals surface area (Å²) in [6.45, 7) is -0.920. The molecule has 0 saturated heterocycles. The Balaban J connectivity index is 5.25. The normalized spacial score (nSPS) is 12.4. The maximum absolute atomic E-state index is 12.0. The van der Waals surface area contributed by atoms with Gasteiger partial charge in [0, 0.05) is 12.2 Å². The van der Waals surface area contributed by atoms with Gasteiger partial charge in [0.2, 0.25) is 0 Å². The van der Waals surface area contributed by atoms with Crippen molar-refractivity contribution >= 4 is 17.9 Å². The maximum Gasteiger partial charge on any atom is 0.336 e. The van der Waals surface area contributed by atoms with Crippen LogP contribution in [-0.2, 0) is 28.6 Å². The van der Waals surface area contributed by atoms with Crippen LogP contribution in [0.3, 0.4) is 0 Å². The first-order valence-corrected chi connectivity index (χ1v) is 8.84. The molecule has 0 aromatic carbocycles. The van der Waals surface area contributed by atoms with Crippen LogP contribution in [0.5, 0.6) is 0 Å². The Bertz CT molecular complexity index is 576. The standard InChI is InChI=1S/C19H28O10/c1-2-19(12-27-16(24)5-3-8-20,13-28-17(25)6-4-9-21)14-29-18(26)15(11-23)7-10-22/h3-7,20-23H,2,8-14H2,1H3/b5-3+,6-4+,15-7+.